The summed E-state index contributed by atoms with van der Waals surface area (Å²) in [7, 11) is 0. The number of hydrogen-bond donors (Lipinski definition) is 0. The molecule has 0 saturated heterocycles. The van der Waals surface area contributed by atoms with Gasteiger partial charge in [0.1, 0.15) is 0 Å². The summed E-state index contributed by atoms with van der Waals surface area (Å²) in [6, 6.07) is 7.73. The van der Waals surface area contributed by atoms with Crippen molar-refractivity contribution in [3.63, 3.8) is 0 Å². The van der Waals surface area contributed by atoms with Crippen LogP contribution in [0.25, 0.3) is 0 Å². The van der Waals surface area contributed by atoms with Gasteiger partial charge in [0.25, 0.3) is 11.8 Å². The van der Waals surface area contributed by atoms with Crippen LogP contribution < -0.4 is 4.90 Å². The van der Waals surface area contributed by atoms with Crippen LogP contribution in [-0.2, 0) is 16.0 Å². The van der Waals surface area contributed by atoms with Gasteiger partial charge < -0.3 is 0 Å². The molecule has 0 aliphatic carbocycles. The summed E-state index contributed by atoms with van der Waals surface area (Å²) in [5.74, 6) is -0.478. The lowest BCUT2D eigenvalue weighted by Gasteiger charge is -2.18. The SMILES string of the molecule is CCCCCCCCCc1ccccc1N1C(=O)C=CC1=O. The van der Waals surface area contributed by atoms with Crippen LogP contribution in [0.3, 0.4) is 0 Å². The van der Waals surface area contributed by atoms with Gasteiger partial charge >= 0.3 is 0 Å². The molecule has 3 nitrogen and oxygen atoms in total. The third-order valence-corrected chi connectivity index (χ3v) is 4.09. The second-order valence-electron chi connectivity index (χ2n) is 5.85. The Balaban J connectivity index is 1.87. The predicted octanol–water partition coefficient (Wildman–Crippen LogP) is 4.41. The van der Waals surface area contributed by atoms with Gasteiger partial charge in [0.2, 0.25) is 0 Å². The third-order valence-electron chi connectivity index (χ3n) is 4.09. The first-order valence-electron chi connectivity index (χ1n) is 8.38. The van der Waals surface area contributed by atoms with Crippen molar-refractivity contribution in [1.82, 2.24) is 0 Å². The highest BCUT2D eigenvalue weighted by molar-refractivity contribution is 6.28. The molecule has 1 aliphatic heterocycles. The number of nitrogens with zero attached hydrogens (tertiary/aromatic N) is 1. The van der Waals surface area contributed by atoms with Crippen LogP contribution in [0.5, 0.6) is 0 Å². The fourth-order valence-electron chi connectivity index (χ4n) is 2.85. The Labute approximate surface area is 133 Å². The van der Waals surface area contributed by atoms with Gasteiger partial charge in [-0.25, -0.2) is 4.90 Å². The van der Waals surface area contributed by atoms with E-state index in [1.807, 2.05) is 24.3 Å². The van der Waals surface area contributed by atoms with Crippen LogP contribution >= 0.6 is 0 Å². The molecule has 1 aromatic rings. The molecule has 118 valence electrons. The van der Waals surface area contributed by atoms with E-state index in [1.54, 1.807) is 0 Å². The zero-order chi connectivity index (χ0) is 15.8. The molecule has 2 amide bonds. The molecule has 0 bridgehead atoms. The first kappa shape index (κ1) is 16.5. The van der Waals surface area contributed by atoms with Crippen molar-refractivity contribution in [3.05, 3.63) is 42.0 Å². The summed E-state index contributed by atoms with van der Waals surface area (Å²) in [5.41, 5.74) is 1.83. The summed E-state index contributed by atoms with van der Waals surface area (Å²) >= 11 is 0. The monoisotopic (exact) mass is 299 g/mol. The van der Waals surface area contributed by atoms with Crippen molar-refractivity contribution in [2.75, 3.05) is 4.90 Å². The number of carbonyl (C=O) groups is 2. The van der Waals surface area contributed by atoms with E-state index in [2.05, 4.69) is 6.92 Å². The van der Waals surface area contributed by atoms with Gasteiger partial charge in [-0.1, -0.05) is 63.6 Å². The van der Waals surface area contributed by atoms with Crippen LogP contribution in [-0.4, -0.2) is 11.8 Å². The molecule has 1 heterocycles. The van der Waals surface area contributed by atoms with Crippen LogP contribution in [0.2, 0.25) is 0 Å². The summed E-state index contributed by atoms with van der Waals surface area (Å²) < 4.78 is 0. The largest absolute Gasteiger partial charge is 0.269 e. The van der Waals surface area contributed by atoms with Gasteiger partial charge in [0.15, 0.2) is 0 Å². The molecule has 0 unspecified atom stereocenters. The van der Waals surface area contributed by atoms with Gasteiger partial charge in [0.05, 0.1) is 5.69 Å². The van der Waals surface area contributed by atoms with E-state index in [9.17, 15) is 9.59 Å². The second-order valence-corrected chi connectivity index (χ2v) is 5.85. The molecule has 0 spiro atoms. The molecule has 0 aromatic heterocycles. The van der Waals surface area contributed by atoms with Gasteiger partial charge in [0, 0.05) is 12.2 Å². The summed E-state index contributed by atoms with van der Waals surface area (Å²) in [4.78, 5) is 24.9. The number of para-hydroxylation sites is 1. The quantitative estimate of drug-likeness (QED) is 0.500. The molecule has 3 heteroatoms. The van der Waals surface area contributed by atoms with Crippen molar-refractivity contribution in [3.8, 4) is 0 Å². The molecule has 0 radical (unpaired) electrons. The molecule has 0 saturated carbocycles. The molecule has 0 N–H and O–H groups in total. The third kappa shape index (κ3) is 4.30. The summed E-state index contributed by atoms with van der Waals surface area (Å²) in [6.07, 6.45) is 12.4. The molecule has 0 atom stereocenters. The maximum absolute atomic E-state index is 11.8. The molecule has 0 fully saturated rings. The zero-order valence-corrected chi connectivity index (χ0v) is 13.4. The number of imide groups is 1. The highest BCUT2D eigenvalue weighted by Crippen LogP contribution is 2.25. The highest BCUT2D eigenvalue weighted by Gasteiger charge is 2.26. The molecular formula is C19H25NO2. The lowest BCUT2D eigenvalue weighted by atomic mass is 10.0. The standard InChI is InChI=1S/C19H25NO2/c1-2-3-4-5-6-7-8-11-16-12-9-10-13-17(16)20-18(21)14-15-19(20)22/h9-10,12-15H,2-8,11H2,1H3. The minimum Gasteiger partial charge on any atom is -0.269 e. The Morgan fingerprint density at radius 1 is 0.818 bits per heavy atom. The fraction of sp³-hybridized carbons (Fsp3) is 0.474. The fourth-order valence-corrected chi connectivity index (χ4v) is 2.85. The Bertz CT molecular complexity index is 530. The smallest absolute Gasteiger partial charge is 0.258 e. The maximum atomic E-state index is 11.8. The molecule has 2 rings (SSSR count). The van der Waals surface area contributed by atoms with Crippen molar-refractivity contribution in [2.45, 2.75) is 58.3 Å². The number of hydrogen-bond acceptors (Lipinski definition) is 2. The van der Waals surface area contributed by atoms with Crippen LogP contribution in [0.15, 0.2) is 36.4 Å². The van der Waals surface area contributed by atoms with E-state index >= 15 is 0 Å². The van der Waals surface area contributed by atoms with Crippen LogP contribution in [0.1, 0.15) is 57.4 Å². The lowest BCUT2D eigenvalue weighted by molar-refractivity contribution is -0.119. The van der Waals surface area contributed by atoms with Gasteiger partial charge in [-0.05, 0) is 24.5 Å². The number of benzene rings is 1. The Morgan fingerprint density at radius 3 is 2.09 bits per heavy atom. The molecular weight excluding hydrogens is 274 g/mol. The predicted molar refractivity (Wildman–Crippen MR) is 89.8 cm³/mol. The number of carbonyl (C=O) groups excluding carboxylic acids is 2. The number of aryl methyl sites for hydroxylation is 1. The lowest BCUT2D eigenvalue weighted by Crippen LogP contribution is -2.30. The van der Waals surface area contributed by atoms with Crippen LogP contribution in [0.4, 0.5) is 5.69 Å². The minimum absolute atomic E-state index is 0.239. The minimum atomic E-state index is -0.239. The van der Waals surface area contributed by atoms with Gasteiger partial charge in [-0.2, -0.15) is 0 Å². The molecule has 22 heavy (non-hydrogen) atoms. The van der Waals surface area contributed by atoms with Crippen molar-refractivity contribution in [1.29, 1.82) is 0 Å². The van der Waals surface area contributed by atoms with Crippen molar-refractivity contribution < 1.29 is 9.59 Å². The van der Waals surface area contributed by atoms with E-state index in [1.165, 1.54) is 55.6 Å². The van der Waals surface area contributed by atoms with Crippen molar-refractivity contribution in [2.24, 2.45) is 0 Å². The first-order chi connectivity index (χ1) is 10.7. The second kappa shape index (κ2) is 8.52. The van der Waals surface area contributed by atoms with E-state index < -0.39 is 0 Å². The number of amides is 2. The Kier molecular flexibility index (Phi) is 6.38. The Morgan fingerprint density at radius 2 is 1.41 bits per heavy atom. The van der Waals surface area contributed by atoms with Gasteiger partial charge in [-0.3, -0.25) is 9.59 Å². The topological polar surface area (TPSA) is 37.4 Å². The van der Waals surface area contributed by atoms with E-state index in [4.69, 9.17) is 0 Å². The van der Waals surface area contributed by atoms with E-state index in [-0.39, 0.29) is 11.8 Å². The average molecular weight is 299 g/mol. The highest BCUT2D eigenvalue weighted by atomic mass is 16.2. The summed E-state index contributed by atoms with van der Waals surface area (Å²) in [5, 5.41) is 0. The molecule has 1 aromatic carbocycles. The number of anilines is 1. The number of rotatable bonds is 9. The van der Waals surface area contributed by atoms with Gasteiger partial charge in [-0.15, -0.1) is 0 Å². The summed E-state index contributed by atoms with van der Waals surface area (Å²) in [6.45, 7) is 2.23. The average Bonchev–Trinajstić information content (AvgIpc) is 2.86. The van der Waals surface area contributed by atoms with E-state index in [0.717, 1.165) is 24.1 Å². The molecule has 1 aliphatic rings. The number of unbranched alkanes of at least 4 members (excludes halogenated alkanes) is 6. The van der Waals surface area contributed by atoms with Crippen molar-refractivity contribution >= 4 is 17.5 Å². The van der Waals surface area contributed by atoms with E-state index in [0.29, 0.717) is 0 Å². The first-order valence-corrected chi connectivity index (χ1v) is 8.38. The van der Waals surface area contributed by atoms with Crippen LogP contribution in [0, 0.1) is 0 Å². The zero-order valence-electron chi connectivity index (χ0n) is 13.4. The Hall–Kier alpha value is -1.90. The maximum Gasteiger partial charge on any atom is 0.258 e. The normalized spacial score (nSPS) is 14.1.